The van der Waals surface area contributed by atoms with Crippen LogP contribution in [-0.4, -0.2) is 28.1 Å². The summed E-state index contributed by atoms with van der Waals surface area (Å²) in [6.45, 7) is 2.40. The SMILES string of the molecule is NC(=S)c1ccc(CN(CCO)Cc2ccccc2)cc1. The van der Waals surface area contributed by atoms with Crippen LogP contribution in [0, 0.1) is 0 Å². The molecule has 21 heavy (non-hydrogen) atoms. The van der Waals surface area contributed by atoms with E-state index in [0.29, 0.717) is 11.5 Å². The topological polar surface area (TPSA) is 49.5 Å². The molecule has 3 nitrogen and oxygen atoms in total. The number of aliphatic hydroxyl groups excluding tert-OH is 1. The highest BCUT2D eigenvalue weighted by molar-refractivity contribution is 7.80. The summed E-state index contributed by atoms with van der Waals surface area (Å²) >= 11 is 4.96. The van der Waals surface area contributed by atoms with Gasteiger partial charge in [-0.15, -0.1) is 0 Å². The molecule has 110 valence electrons. The summed E-state index contributed by atoms with van der Waals surface area (Å²) in [5.41, 5.74) is 8.90. The first kappa shape index (κ1) is 15.6. The third kappa shape index (κ3) is 4.93. The first-order chi connectivity index (χ1) is 10.2. The van der Waals surface area contributed by atoms with Gasteiger partial charge in [0.2, 0.25) is 0 Å². The van der Waals surface area contributed by atoms with Crippen LogP contribution in [0.5, 0.6) is 0 Å². The van der Waals surface area contributed by atoms with Gasteiger partial charge in [-0.3, -0.25) is 4.90 Å². The van der Waals surface area contributed by atoms with Crippen LogP contribution in [-0.2, 0) is 13.1 Å². The lowest BCUT2D eigenvalue weighted by atomic mass is 10.1. The molecule has 0 atom stereocenters. The lowest BCUT2D eigenvalue weighted by Gasteiger charge is -2.21. The highest BCUT2D eigenvalue weighted by Gasteiger charge is 2.07. The largest absolute Gasteiger partial charge is 0.395 e. The molecule has 2 aromatic carbocycles. The Hall–Kier alpha value is -1.75. The van der Waals surface area contributed by atoms with Gasteiger partial charge >= 0.3 is 0 Å². The Morgan fingerprint density at radius 3 is 2.05 bits per heavy atom. The first-order valence-electron chi connectivity index (χ1n) is 6.95. The number of hydrogen-bond donors (Lipinski definition) is 2. The second-order valence-electron chi connectivity index (χ2n) is 4.98. The standard InChI is InChI=1S/C17H20N2OS/c18-17(21)16-8-6-15(7-9-16)13-19(10-11-20)12-14-4-2-1-3-5-14/h1-9,20H,10-13H2,(H2,18,21). The average Bonchev–Trinajstić information content (AvgIpc) is 2.49. The molecule has 0 unspecified atom stereocenters. The van der Waals surface area contributed by atoms with Gasteiger partial charge in [-0.05, 0) is 11.1 Å². The van der Waals surface area contributed by atoms with E-state index in [1.165, 1.54) is 11.1 Å². The third-order valence-corrected chi connectivity index (χ3v) is 3.55. The van der Waals surface area contributed by atoms with Crippen molar-refractivity contribution < 1.29 is 5.11 Å². The predicted molar refractivity (Wildman–Crippen MR) is 90.0 cm³/mol. The Bertz CT molecular complexity index is 569. The molecule has 0 saturated carbocycles. The normalized spacial score (nSPS) is 10.8. The second-order valence-corrected chi connectivity index (χ2v) is 5.42. The molecule has 2 aromatic rings. The summed E-state index contributed by atoms with van der Waals surface area (Å²) in [6, 6.07) is 18.2. The Labute approximate surface area is 131 Å². The van der Waals surface area contributed by atoms with Crippen molar-refractivity contribution in [1.29, 1.82) is 0 Å². The summed E-state index contributed by atoms with van der Waals surface area (Å²) in [7, 11) is 0. The fourth-order valence-electron chi connectivity index (χ4n) is 2.23. The quantitative estimate of drug-likeness (QED) is 0.771. The summed E-state index contributed by atoms with van der Waals surface area (Å²) in [6.07, 6.45) is 0. The monoisotopic (exact) mass is 300 g/mol. The van der Waals surface area contributed by atoms with Gasteiger partial charge in [0, 0.05) is 25.2 Å². The predicted octanol–water partition coefficient (Wildman–Crippen LogP) is 2.32. The number of rotatable bonds is 7. The lowest BCUT2D eigenvalue weighted by Crippen LogP contribution is -2.26. The van der Waals surface area contributed by atoms with Crippen LogP contribution in [0.3, 0.4) is 0 Å². The van der Waals surface area contributed by atoms with Crippen LogP contribution >= 0.6 is 12.2 Å². The summed E-state index contributed by atoms with van der Waals surface area (Å²) < 4.78 is 0. The maximum atomic E-state index is 9.23. The van der Waals surface area contributed by atoms with E-state index in [1.54, 1.807) is 0 Å². The molecular weight excluding hydrogens is 280 g/mol. The van der Waals surface area contributed by atoms with Crippen molar-refractivity contribution in [2.75, 3.05) is 13.2 Å². The first-order valence-corrected chi connectivity index (χ1v) is 7.36. The molecule has 0 aliphatic carbocycles. The van der Waals surface area contributed by atoms with Crippen molar-refractivity contribution >= 4 is 17.2 Å². The Morgan fingerprint density at radius 2 is 1.52 bits per heavy atom. The molecule has 0 aliphatic heterocycles. The molecule has 2 rings (SSSR count). The summed E-state index contributed by atoms with van der Waals surface area (Å²) in [5.74, 6) is 0. The maximum Gasteiger partial charge on any atom is 0.103 e. The van der Waals surface area contributed by atoms with Gasteiger partial charge in [-0.2, -0.15) is 0 Å². The minimum Gasteiger partial charge on any atom is -0.395 e. The zero-order chi connectivity index (χ0) is 15.1. The molecular formula is C17H20N2OS. The average molecular weight is 300 g/mol. The number of nitrogens with zero attached hydrogens (tertiary/aromatic N) is 1. The number of benzene rings is 2. The molecule has 0 radical (unpaired) electrons. The van der Waals surface area contributed by atoms with E-state index in [1.807, 2.05) is 42.5 Å². The second kappa shape index (κ2) is 7.88. The molecule has 3 N–H and O–H groups in total. The van der Waals surface area contributed by atoms with E-state index < -0.39 is 0 Å². The molecule has 0 fully saturated rings. The number of hydrogen-bond acceptors (Lipinski definition) is 3. The summed E-state index contributed by atoms with van der Waals surface area (Å²) in [4.78, 5) is 2.63. The van der Waals surface area contributed by atoms with E-state index in [0.717, 1.165) is 18.7 Å². The summed E-state index contributed by atoms with van der Waals surface area (Å²) in [5, 5.41) is 9.23. The minimum absolute atomic E-state index is 0.151. The molecule has 4 heteroatoms. The van der Waals surface area contributed by atoms with Gasteiger partial charge in [0.15, 0.2) is 0 Å². The Kier molecular flexibility index (Phi) is 5.87. The molecule has 0 spiro atoms. The van der Waals surface area contributed by atoms with E-state index in [4.69, 9.17) is 18.0 Å². The van der Waals surface area contributed by atoms with Crippen molar-refractivity contribution in [1.82, 2.24) is 4.90 Å². The van der Waals surface area contributed by atoms with Crippen LogP contribution in [0.25, 0.3) is 0 Å². The number of nitrogens with two attached hydrogens (primary N) is 1. The highest BCUT2D eigenvalue weighted by Crippen LogP contribution is 2.11. The van der Waals surface area contributed by atoms with Crippen LogP contribution in [0.2, 0.25) is 0 Å². The molecule has 0 saturated heterocycles. The fourth-order valence-corrected chi connectivity index (χ4v) is 2.37. The molecule has 0 amide bonds. The minimum atomic E-state index is 0.151. The number of aliphatic hydroxyl groups is 1. The van der Waals surface area contributed by atoms with Gasteiger partial charge in [0.25, 0.3) is 0 Å². The smallest absolute Gasteiger partial charge is 0.103 e. The van der Waals surface area contributed by atoms with Gasteiger partial charge < -0.3 is 10.8 Å². The van der Waals surface area contributed by atoms with Crippen molar-refractivity contribution in [3.63, 3.8) is 0 Å². The van der Waals surface area contributed by atoms with Crippen molar-refractivity contribution in [2.45, 2.75) is 13.1 Å². The van der Waals surface area contributed by atoms with E-state index in [9.17, 15) is 5.11 Å². The van der Waals surface area contributed by atoms with Crippen LogP contribution in [0.1, 0.15) is 16.7 Å². The van der Waals surface area contributed by atoms with Crippen molar-refractivity contribution in [3.05, 3.63) is 71.3 Å². The van der Waals surface area contributed by atoms with Crippen molar-refractivity contribution in [3.8, 4) is 0 Å². The molecule has 0 heterocycles. The zero-order valence-electron chi connectivity index (χ0n) is 11.9. The zero-order valence-corrected chi connectivity index (χ0v) is 12.7. The van der Waals surface area contributed by atoms with Crippen LogP contribution in [0.15, 0.2) is 54.6 Å². The van der Waals surface area contributed by atoms with E-state index in [-0.39, 0.29) is 6.61 Å². The van der Waals surface area contributed by atoms with Gasteiger partial charge in [-0.25, -0.2) is 0 Å². The number of thiocarbonyl (C=S) groups is 1. The van der Waals surface area contributed by atoms with Gasteiger partial charge in [-0.1, -0.05) is 66.8 Å². The van der Waals surface area contributed by atoms with E-state index >= 15 is 0 Å². The van der Waals surface area contributed by atoms with Gasteiger partial charge in [0.1, 0.15) is 4.99 Å². The highest BCUT2D eigenvalue weighted by atomic mass is 32.1. The maximum absolute atomic E-state index is 9.23. The fraction of sp³-hybridized carbons (Fsp3) is 0.235. The Balaban J connectivity index is 2.03. The molecule has 0 aliphatic rings. The van der Waals surface area contributed by atoms with Crippen LogP contribution < -0.4 is 5.73 Å². The van der Waals surface area contributed by atoms with E-state index in [2.05, 4.69) is 17.0 Å². The van der Waals surface area contributed by atoms with Crippen molar-refractivity contribution in [2.24, 2.45) is 5.73 Å². The third-order valence-electron chi connectivity index (χ3n) is 3.31. The lowest BCUT2D eigenvalue weighted by molar-refractivity contribution is 0.184. The molecule has 0 bridgehead atoms. The van der Waals surface area contributed by atoms with Gasteiger partial charge in [0.05, 0.1) is 6.61 Å². The Morgan fingerprint density at radius 1 is 0.952 bits per heavy atom. The van der Waals surface area contributed by atoms with Crippen LogP contribution in [0.4, 0.5) is 0 Å². The molecule has 0 aromatic heterocycles.